The van der Waals surface area contributed by atoms with Crippen LogP contribution in [0.3, 0.4) is 0 Å². The van der Waals surface area contributed by atoms with Crippen molar-refractivity contribution in [3.05, 3.63) is 64.2 Å². The van der Waals surface area contributed by atoms with E-state index < -0.39 is 5.97 Å². The maximum atomic E-state index is 12.3. The summed E-state index contributed by atoms with van der Waals surface area (Å²) in [5.74, 6) is -1.45. The molecule has 0 atom stereocenters. The molecule has 2 N–H and O–H groups in total. The number of carbonyl (C=O) groups excluding carboxylic acids is 1. The monoisotopic (exact) mass is 387 g/mol. The molecule has 27 heavy (non-hydrogen) atoms. The van der Waals surface area contributed by atoms with Gasteiger partial charge in [0.05, 0.1) is 23.6 Å². The minimum atomic E-state index is -1.14. The van der Waals surface area contributed by atoms with E-state index in [1.54, 1.807) is 4.68 Å². The van der Waals surface area contributed by atoms with Gasteiger partial charge in [-0.2, -0.15) is 10.2 Å². The van der Waals surface area contributed by atoms with Crippen molar-refractivity contribution in [3.63, 3.8) is 0 Å². The Bertz CT molecular complexity index is 1010. The predicted octanol–water partition coefficient (Wildman–Crippen LogP) is 2.74. The topological polar surface area (TPSA) is 102 Å². The molecule has 0 unspecified atom stereocenters. The van der Waals surface area contributed by atoms with Crippen molar-refractivity contribution in [2.45, 2.75) is 26.9 Å². The first-order chi connectivity index (χ1) is 12.8. The number of aryl methyl sites for hydroxylation is 1. The lowest BCUT2D eigenvalue weighted by atomic mass is 10.2. The zero-order valence-electron chi connectivity index (χ0n) is 14.8. The second kappa shape index (κ2) is 7.63. The summed E-state index contributed by atoms with van der Waals surface area (Å²) in [5.41, 5.74) is 3.03. The second-order valence-electron chi connectivity index (χ2n) is 6.09. The number of aromatic carboxylic acids is 1. The van der Waals surface area contributed by atoms with Crippen LogP contribution < -0.4 is 5.32 Å². The van der Waals surface area contributed by atoms with Gasteiger partial charge in [0.2, 0.25) is 5.91 Å². The molecule has 9 heteroatoms. The van der Waals surface area contributed by atoms with Gasteiger partial charge in [-0.1, -0.05) is 23.7 Å². The van der Waals surface area contributed by atoms with Crippen LogP contribution in [0, 0.1) is 13.8 Å². The van der Waals surface area contributed by atoms with E-state index in [0.29, 0.717) is 22.9 Å². The Kier molecular flexibility index (Phi) is 5.27. The Morgan fingerprint density at radius 3 is 2.67 bits per heavy atom. The first kappa shape index (κ1) is 18.7. The molecule has 0 spiro atoms. The Hall–Kier alpha value is -3.13. The molecule has 3 rings (SSSR count). The van der Waals surface area contributed by atoms with E-state index >= 15 is 0 Å². The lowest BCUT2D eigenvalue weighted by Crippen LogP contribution is -2.20. The molecule has 0 fully saturated rings. The normalized spacial score (nSPS) is 10.8. The summed E-state index contributed by atoms with van der Waals surface area (Å²) in [6.07, 6.45) is 1.45. The molecule has 3 aromatic rings. The fourth-order valence-corrected chi connectivity index (χ4v) is 2.94. The highest BCUT2D eigenvalue weighted by molar-refractivity contribution is 6.30. The number of hydrogen-bond acceptors (Lipinski definition) is 4. The minimum absolute atomic E-state index is 0.0916. The zero-order valence-corrected chi connectivity index (χ0v) is 15.6. The van der Waals surface area contributed by atoms with Gasteiger partial charge in [-0.15, -0.1) is 0 Å². The predicted molar refractivity (Wildman–Crippen MR) is 100 cm³/mol. The number of anilines is 1. The SMILES string of the molecule is Cc1nn(Cc2cccc(Cl)c2)c(C)c1NC(=O)Cn1ccc(C(=O)O)n1. The second-order valence-corrected chi connectivity index (χ2v) is 6.52. The van der Waals surface area contributed by atoms with Crippen LogP contribution in [0.2, 0.25) is 5.02 Å². The number of rotatable bonds is 6. The van der Waals surface area contributed by atoms with E-state index in [9.17, 15) is 9.59 Å². The van der Waals surface area contributed by atoms with Gasteiger partial charge in [0.15, 0.2) is 5.69 Å². The summed E-state index contributed by atoms with van der Waals surface area (Å²) in [4.78, 5) is 23.2. The van der Waals surface area contributed by atoms with Crippen molar-refractivity contribution in [2.75, 3.05) is 5.32 Å². The number of carbonyl (C=O) groups is 2. The number of carboxylic acid groups (broad SMARTS) is 1. The molecule has 0 aliphatic rings. The van der Waals surface area contributed by atoms with Crippen LogP contribution in [0.1, 0.15) is 27.4 Å². The van der Waals surface area contributed by atoms with Crippen LogP contribution in [0.4, 0.5) is 5.69 Å². The maximum absolute atomic E-state index is 12.3. The number of amides is 1. The fourth-order valence-electron chi connectivity index (χ4n) is 2.73. The van der Waals surface area contributed by atoms with Crippen molar-refractivity contribution >= 4 is 29.2 Å². The smallest absolute Gasteiger partial charge is 0.356 e. The molecule has 2 heterocycles. The Balaban J connectivity index is 1.72. The van der Waals surface area contributed by atoms with Crippen molar-refractivity contribution in [1.82, 2.24) is 19.6 Å². The van der Waals surface area contributed by atoms with Crippen molar-refractivity contribution < 1.29 is 14.7 Å². The molecule has 2 aromatic heterocycles. The minimum Gasteiger partial charge on any atom is -0.476 e. The lowest BCUT2D eigenvalue weighted by Gasteiger charge is -2.08. The van der Waals surface area contributed by atoms with Crippen molar-refractivity contribution in [2.24, 2.45) is 0 Å². The van der Waals surface area contributed by atoms with Crippen molar-refractivity contribution in [3.8, 4) is 0 Å². The first-order valence-corrected chi connectivity index (χ1v) is 8.56. The first-order valence-electron chi connectivity index (χ1n) is 8.18. The lowest BCUT2D eigenvalue weighted by molar-refractivity contribution is -0.116. The molecular formula is C18H18ClN5O3. The van der Waals surface area contributed by atoms with Gasteiger partial charge in [-0.25, -0.2) is 4.79 Å². The molecule has 140 valence electrons. The fraction of sp³-hybridized carbons (Fsp3) is 0.222. The molecule has 0 saturated heterocycles. The standard InChI is InChI=1S/C18H18ClN5O3/c1-11-17(20-16(25)10-23-7-6-15(22-23)18(26)27)12(2)24(21-11)9-13-4-3-5-14(19)8-13/h3-8H,9-10H2,1-2H3,(H,20,25)(H,26,27). The van der Waals surface area contributed by atoms with Gasteiger partial charge in [0.1, 0.15) is 6.54 Å². The summed E-state index contributed by atoms with van der Waals surface area (Å²) < 4.78 is 3.08. The van der Waals surface area contributed by atoms with E-state index in [0.717, 1.165) is 11.3 Å². The quantitative estimate of drug-likeness (QED) is 0.677. The van der Waals surface area contributed by atoms with E-state index in [-0.39, 0.29) is 18.1 Å². The van der Waals surface area contributed by atoms with E-state index in [1.807, 2.05) is 38.1 Å². The summed E-state index contributed by atoms with van der Waals surface area (Å²) >= 11 is 6.02. The number of benzene rings is 1. The molecule has 0 bridgehead atoms. The van der Waals surface area contributed by atoms with Crippen LogP contribution in [0.5, 0.6) is 0 Å². The zero-order chi connectivity index (χ0) is 19.6. The van der Waals surface area contributed by atoms with Gasteiger partial charge in [0, 0.05) is 11.2 Å². The summed E-state index contributed by atoms with van der Waals surface area (Å²) in [7, 11) is 0. The average molecular weight is 388 g/mol. The Morgan fingerprint density at radius 2 is 2.00 bits per heavy atom. The summed E-state index contributed by atoms with van der Waals surface area (Å²) in [6, 6.07) is 8.85. The number of halogens is 1. The summed E-state index contributed by atoms with van der Waals surface area (Å²) in [6.45, 7) is 4.12. The molecular weight excluding hydrogens is 370 g/mol. The summed E-state index contributed by atoms with van der Waals surface area (Å²) in [5, 5.41) is 20.7. The average Bonchev–Trinajstić information content (AvgIpc) is 3.16. The van der Waals surface area contributed by atoms with Crippen molar-refractivity contribution in [1.29, 1.82) is 0 Å². The van der Waals surface area contributed by atoms with Crippen LogP contribution in [0.25, 0.3) is 0 Å². The highest BCUT2D eigenvalue weighted by Crippen LogP contribution is 2.21. The molecule has 1 aromatic carbocycles. The van der Waals surface area contributed by atoms with E-state index in [1.165, 1.54) is 16.9 Å². The third kappa shape index (κ3) is 4.35. The van der Waals surface area contributed by atoms with Gasteiger partial charge < -0.3 is 10.4 Å². The van der Waals surface area contributed by atoms with Crippen LogP contribution >= 0.6 is 11.6 Å². The maximum Gasteiger partial charge on any atom is 0.356 e. The molecule has 8 nitrogen and oxygen atoms in total. The van der Waals surface area contributed by atoms with Gasteiger partial charge in [-0.05, 0) is 37.6 Å². The highest BCUT2D eigenvalue weighted by Gasteiger charge is 2.16. The van der Waals surface area contributed by atoms with Crippen LogP contribution in [-0.4, -0.2) is 36.5 Å². The molecule has 0 aliphatic carbocycles. The third-order valence-corrected chi connectivity index (χ3v) is 4.27. The van der Waals surface area contributed by atoms with E-state index in [4.69, 9.17) is 16.7 Å². The largest absolute Gasteiger partial charge is 0.476 e. The Morgan fingerprint density at radius 1 is 1.22 bits per heavy atom. The number of nitrogens with zero attached hydrogens (tertiary/aromatic N) is 4. The number of hydrogen-bond donors (Lipinski definition) is 2. The number of nitrogens with one attached hydrogen (secondary N) is 1. The molecule has 0 saturated carbocycles. The number of carboxylic acids is 1. The van der Waals surface area contributed by atoms with Crippen LogP contribution in [-0.2, 0) is 17.9 Å². The third-order valence-electron chi connectivity index (χ3n) is 4.03. The van der Waals surface area contributed by atoms with Crippen LogP contribution in [0.15, 0.2) is 36.5 Å². The molecule has 0 radical (unpaired) electrons. The van der Waals surface area contributed by atoms with Gasteiger partial charge in [0.25, 0.3) is 0 Å². The van der Waals surface area contributed by atoms with Gasteiger partial charge in [-0.3, -0.25) is 14.2 Å². The Labute approximate surface area is 160 Å². The molecule has 0 aliphatic heterocycles. The highest BCUT2D eigenvalue weighted by atomic mass is 35.5. The number of aromatic nitrogens is 4. The van der Waals surface area contributed by atoms with Gasteiger partial charge >= 0.3 is 5.97 Å². The molecule has 1 amide bonds. The van der Waals surface area contributed by atoms with E-state index in [2.05, 4.69) is 15.5 Å².